The Hall–Kier alpha value is -1.70. The Kier molecular flexibility index (Phi) is 5.68. The smallest absolute Gasteiger partial charge is 0.123 e. The molecule has 19 heavy (non-hydrogen) atoms. The van der Waals surface area contributed by atoms with Crippen molar-refractivity contribution in [3.8, 4) is 0 Å². The molecule has 1 aromatic rings. The molecule has 2 atom stereocenters. The lowest BCUT2D eigenvalue weighted by molar-refractivity contribution is 0.601. The molecule has 2 unspecified atom stereocenters. The molecule has 0 heterocycles. The van der Waals surface area contributed by atoms with Crippen molar-refractivity contribution in [2.24, 2.45) is 16.8 Å². The molecule has 1 rings (SSSR count). The Balaban J connectivity index is 2.87. The van der Waals surface area contributed by atoms with Crippen LogP contribution in [0.25, 0.3) is 5.57 Å². The number of nitrogens with zero attached hydrogens (tertiary/aromatic N) is 1. The average Bonchev–Trinajstić information content (AvgIpc) is 2.43. The lowest BCUT2D eigenvalue weighted by Crippen LogP contribution is -2.06. The van der Waals surface area contributed by atoms with Gasteiger partial charge in [0, 0.05) is 11.9 Å². The first-order valence-corrected chi connectivity index (χ1v) is 6.56. The Bertz CT molecular complexity index is 482. The lowest BCUT2D eigenvalue weighted by atomic mass is 9.97. The Morgan fingerprint density at radius 2 is 1.74 bits per heavy atom. The van der Waals surface area contributed by atoms with Crippen molar-refractivity contribution in [1.29, 1.82) is 0 Å². The third kappa shape index (κ3) is 4.47. The molecule has 1 aromatic carbocycles. The van der Waals surface area contributed by atoms with Crippen LogP contribution in [0.3, 0.4) is 0 Å². The monoisotopic (exact) mass is 259 g/mol. The molecule has 0 saturated heterocycles. The maximum absolute atomic E-state index is 12.9. The average molecular weight is 259 g/mol. The highest BCUT2D eigenvalue weighted by molar-refractivity contribution is 5.70. The van der Waals surface area contributed by atoms with Crippen LogP contribution in [0, 0.1) is 17.7 Å². The van der Waals surface area contributed by atoms with Crippen LogP contribution in [0.15, 0.2) is 47.6 Å². The van der Waals surface area contributed by atoms with E-state index in [0.29, 0.717) is 11.8 Å². The number of benzene rings is 1. The second kappa shape index (κ2) is 7.03. The number of rotatable bonds is 5. The Morgan fingerprint density at radius 1 is 1.16 bits per heavy atom. The standard InChI is InChI=1S/C17H22FN/c1-6-12(2)13(3)11-19-15(5)14(4)16-7-9-17(18)10-8-16/h6-13H,1H2,2-5H3/b15-14+,19-11?. The Labute approximate surface area is 115 Å². The molecule has 1 nitrogen and oxygen atoms in total. The topological polar surface area (TPSA) is 12.4 Å². The van der Waals surface area contributed by atoms with Gasteiger partial charge in [-0.15, -0.1) is 6.58 Å². The zero-order chi connectivity index (χ0) is 14.4. The Morgan fingerprint density at radius 3 is 2.26 bits per heavy atom. The minimum absolute atomic E-state index is 0.217. The summed E-state index contributed by atoms with van der Waals surface area (Å²) in [6, 6.07) is 6.50. The summed E-state index contributed by atoms with van der Waals surface area (Å²) in [6.45, 7) is 12.0. The predicted molar refractivity (Wildman–Crippen MR) is 81.7 cm³/mol. The summed E-state index contributed by atoms with van der Waals surface area (Å²) in [6.07, 6.45) is 3.89. The van der Waals surface area contributed by atoms with Crippen molar-refractivity contribution in [3.63, 3.8) is 0 Å². The highest BCUT2D eigenvalue weighted by Crippen LogP contribution is 2.19. The van der Waals surface area contributed by atoms with Crippen molar-refractivity contribution in [3.05, 3.63) is 54.0 Å². The molecule has 0 aliphatic heterocycles. The third-order valence-electron chi connectivity index (χ3n) is 3.52. The van der Waals surface area contributed by atoms with Crippen LogP contribution in [-0.2, 0) is 0 Å². The van der Waals surface area contributed by atoms with E-state index in [4.69, 9.17) is 0 Å². The summed E-state index contributed by atoms with van der Waals surface area (Å²) in [5.41, 5.74) is 3.02. The first-order valence-electron chi connectivity index (χ1n) is 6.56. The molecule has 0 aromatic heterocycles. The minimum Gasteiger partial charge on any atom is -0.265 e. The SMILES string of the molecule is C=CC(C)C(C)C=N/C(C)=C(\C)c1ccc(F)cc1. The maximum atomic E-state index is 12.9. The number of hydrogen-bond acceptors (Lipinski definition) is 1. The van der Waals surface area contributed by atoms with Gasteiger partial charge in [-0.2, -0.15) is 0 Å². The van der Waals surface area contributed by atoms with Gasteiger partial charge in [-0.05, 0) is 49.0 Å². The normalized spacial score (nSPS) is 16.1. The quantitative estimate of drug-likeness (QED) is 0.515. The van der Waals surface area contributed by atoms with Gasteiger partial charge in [-0.1, -0.05) is 32.1 Å². The van der Waals surface area contributed by atoms with Crippen molar-refractivity contribution < 1.29 is 4.39 Å². The fraction of sp³-hybridized carbons (Fsp3) is 0.353. The van der Waals surface area contributed by atoms with Crippen LogP contribution in [0.1, 0.15) is 33.3 Å². The maximum Gasteiger partial charge on any atom is 0.123 e. The van der Waals surface area contributed by atoms with Gasteiger partial charge in [0.1, 0.15) is 5.82 Å². The summed E-state index contributed by atoms with van der Waals surface area (Å²) in [4.78, 5) is 4.50. The van der Waals surface area contributed by atoms with E-state index in [-0.39, 0.29) is 5.82 Å². The molecule has 102 valence electrons. The van der Waals surface area contributed by atoms with Gasteiger partial charge in [-0.3, -0.25) is 4.99 Å². The molecule has 2 heteroatoms. The number of allylic oxidation sites excluding steroid dienone is 3. The summed E-state index contributed by atoms with van der Waals surface area (Å²) >= 11 is 0. The van der Waals surface area contributed by atoms with E-state index < -0.39 is 0 Å². The van der Waals surface area contributed by atoms with E-state index in [1.54, 1.807) is 12.1 Å². The van der Waals surface area contributed by atoms with E-state index in [0.717, 1.165) is 16.8 Å². The van der Waals surface area contributed by atoms with Crippen LogP contribution in [0.2, 0.25) is 0 Å². The molecule has 0 saturated carbocycles. The van der Waals surface area contributed by atoms with Crippen molar-refractivity contribution in [2.75, 3.05) is 0 Å². The van der Waals surface area contributed by atoms with Gasteiger partial charge in [0.05, 0.1) is 0 Å². The van der Waals surface area contributed by atoms with Gasteiger partial charge in [0.15, 0.2) is 0 Å². The second-order valence-corrected chi connectivity index (χ2v) is 4.95. The van der Waals surface area contributed by atoms with Crippen LogP contribution < -0.4 is 0 Å². The summed E-state index contributed by atoms with van der Waals surface area (Å²) in [5.74, 6) is 0.544. The van der Waals surface area contributed by atoms with Gasteiger partial charge in [-0.25, -0.2) is 4.39 Å². The number of halogens is 1. The highest BCUT2D eigenvalue weighted by Gasteiger charge is 2.05. The van der Waals surface area contributed by atoms with E-state index in [9.17, 15) is 4.39 Å². The molecule has 0 amide bonds. The fourth-order valence-electron chi connectivity index (χ4n) is 1.59. The number of hydrogen-bond donors (Lipinski definition) is 0. The van der Waals surface area contributed by atoms with Crippen LogP contribution in [0.5, 0.6) is 0 Å². The summed E-state index contributed by atoms with van der Waals surface area (Å²) < 4.78 is 12.9. The number of aliphatic imine (C=N–C) groups is 1. The fourth-order valence-corrected chi connectivity index (χ4v) is 1.59. The first-order chi connectivity index (χ1) is 8.95. The van der Waals surface area contributed by atoms with Crippen LogP contribution >= 0.6 is 0 Å². The summed E-state index contributed by atoms with van der Waals surface area (Å²) in [7, 11) is 0. The first kappa shape index (κ1) is 15.4. The van der Waals surface area contributed by atoms with Gasteiger partial charge in [0.2, 0.25) is 0 Å². The largest absolute Gasteiger partial charge is 0.265 e. The van der Waals surface area contributed by atoms with E-state index >= 15 is 0 Å². The minimum atomic E-state index is -0.217. The molecular weight excluding hydrogens is 237 g/mol. The molecule has 0 aliphatic carbocycles. The zero-order valence-corrected chi connectivity index (χ0v) is 12.2. The molecular formula is C17H22FN. The zero-order valence-electron chi connectivity index (χ0n) is 12.2. The van der Waals surface area contributed by atoms with Crippen molar-refractivity contribution in [1.82, 2.24) is 0 Å². The van der Waals surface area contributed by atoms with Crippen LogP contribution in [0.4, 0.5) is 4.39 Å². The predicted octanol–water partition coefficient (Wildman–Crippen LogP) is 5.11. The third-order valence-corrected chi connectivity index (χ3v) is 3.52. The highest BCUT2D eigenvalue weighted by atomic mass is 19.1. The molecule has 0 N–H and O–H groups in total. The van der Waals surface area contributed by atoms with Crippen molar-refractivity contribution in [2.45, 2.75) is 27.7 Å². The summed E-state index contributed by atoms with van der Waals surface area (Å²) in [5, 5.41) is 0. The molecule has 0 bridgehead atoms. The van der Waals surface area contributed by atoms with Gasteiger partial charge >= 0.3 is 0 Å². The lowest BCUT2D eigenvalue weighted by Gasteiger charge is -2.11. The molecule has 0 spiro atoms. The van der Waals surface area contributed by atoms with Gasteiger partial charge in [0.25, 0.3) is 0 Å². The molecule has 0 aliphatic rings. The second-order valence-electron chi connectivity index (χ2n) is 4.95. The van der Waals surface area contributed by atoms with E-state index in [1.165, 1.54) is 12.1 Å². The molecule has 0 fully saturated rings. The van der Waals surface area contributed by atoms with Crippen molar-refractivity contribution >= 4 is 11.8 Å². The molecule has 0 radical (unpaired) electrons. The van der Waals surface area contributed by atoms with Crippen LogP contribution in [-0.4, -0.2) is 6.21 Å². The van der Waals surface area contributed by atoms with E-state index in [1.807, 2.05) is 26.1 Å². The van der Waals surface area contributed by atoms with Gasteiger partial charge < -0.3 is 0 Å². The van der Waals surface area contributed by atoms with E-state index in [2.05, 4.69) is 25.4 Å².